The van der Waals surface area contributed by atoms with Crippen LogP contribution in [-0.4, -0.2) is 28.0 Å². The summed E-state index contributed by atoms with van der Waals surface area (Å²) < 4.78 is 0.858. The molecule has 0 saturated heterocycles. The monoisotopic (exact) mass is 304 g/mol. The molecule has 0 radical (unpaired) electrons. The molecule has 88 valence electrons. The summed E-state index contributed by atoms with van der Waals surface area (Å²) in [5.41, 5.74) is 0.304. The maximum absolute atomic E-state index is 11.0. The Bertz CT molecular complexity index is 379. The summed E-state index contributed by atoms with van der Waals surface area (Å²) in [6, 6.07) is 5.08. The van der Waals surface area contributed by atoms with E-state index in [4.69, 9.17) is 10.2 Å². The van der Waals surface area contributed by atoms with Gasteiger partial charge in [0.2, 0.25) is 0 Å². The van der Waals surface area contributed by atoms with E-state index >= 15 is 0 Å². The highest BCUT2D eigenvalue weighted by molar-refractivity contribution is 9.10. The number of thioether (sulfide) groups is 1. The van der Waals surface area contributed by atoms with E-state index < -0.39 is 5.97 Å². The number of benzene rings is 1. The van der Waals surface area contributed by atoms with Gasteiger partial charge in [0.05, 0.1) is 11.7 Å². The fourth-order valence-electron chi connectivity index (χ4n) is 1.13. The van der Waals surface area contributed by atoms with E-state index in [0.29, 0.717) is 17.7 Å². The molecule has 2 N–H and O–H groups in total. The molecule has 16 heavy (non-hydrogen) atoms. The average Bonchev–Trinajstić information content (AvgIpc) is 2.16. The van der Waals surface area contributed by atoms with Crippen molar-refractivity contribution in [3.63, 3.8) is 0 Å². The number of carboxylic acid groups (broad SMARTS) is 1. The first-order valence-corrected chi connectivity index (χ1v) is 6.62. The molecule has 0 heterocycles. The van der Waals surface area contributed by atoms with Gasteiger partial charge in [0, 0.05) is 15.1 Å². The van der Waals surface area contributed by atoms with E-state index in [-0.39, 0.29) is 6.10 Å². The first kappa shape index (κ1) is 13.5. The van der Waals surface area contributed by atoms with Gasteiger partial charge in [0.1, 0.15) is 0 Å². The Labute approximate surface area is 107 Å². The molecule has 0 saturated carbocycles. The predicted octanol–water partition coefficient (Wildman–Crippen LogP) is 3.01. The van der Waals surface area contributed by atoms with Crippen molar-refractivity contribution in [3.8, 4) is 0 Å². The Morgan fingerprint density at radius 1 is 1.56 bits per heavy atom. The Kier molecular flexibility index (Phi) is 5.31. The zero-order chi connectivity index (χ0) is 12.1. The molecule has 1 aromatic rings. The van der Waals surface area contributed by atoms with Crippen LogP contribution in [0.3, 0.4) is 0 Å². The second kappa shape index (κ2) is 6.27. The number of aromatic carboxylic acids is 1. The van der Waals surface area contributed by atoms with E-state index in [1.165, 1.54) is 11.8 Å². The van der Waals surface area contributed by atoms with Gasteiger partial charge in [-0.2, -0.15) is 0 Å². The standard InChI is InChI=1S/C11H13BrO3S/c1-7(13)4-5-16-10-6-8(12)2-3-9(10)11(14)15/h2-3,6-7,13H,4-5H2,1H3,(H,14,15). The minimum Gasteiger partial charge on any atom is -0.478 e. The normalized spacial score (nSPS) is 12.4. The number of carboxylic acids is 1. The molecule has 1 atom stereocenters. The van der Waals surface area contributed by atoms with E-state index in [1.807, 2.05) is 0 Å². The number of halogens is 1. The van der Waals surface area contributed by atoms with E-state index in [9.17, 15) is 4.79 Å². The van der Waals surface area contributed by atoms with Crippen LogP contribution in [0.1, 0.15) is 23.7 Å². The third kappa shape index (κ3) is 4.15. The van der Waals surface area contributed by atoms with Gasteiger partial charge < -0.3 is 10.2 Å². The molecule has 0 amide bonds. The van der Waals surface area contributed by atoms with Gasteiger partial charge in [-0.3, -0.25) is 0 Å². The van der Waals surface area contributed by atoms with Crippen molar-refractivity contribution in [3.05, 3.63) is 28.2 Å². The van der Waals surface area contributed by atoms with E-state index in [2.05, 4.69) is 15.9 Å². The maximum atomic E-state index is 11.0. The van der Waals surface area contributed by atoms with Crippen molar-refractivity contribution in [2.24, 2.45) is 0 Å². The lowest BCUT2D eigenvalue weighted by molar-refractivity contribution is 0.0693. The number of hydrogen-bond donors (Lipinski definition) is 2. The van der Waals surface area contributed by atoms with Crippen molar-refractivity contribution in [1.29, 1.82) is 0 Å². The van der Waals surface area contributed by atoms with E-state index in [1.54, 1.807) is 25.1 Å². The molecule has 0 fully saturated rings. The van der Waals surface area contributed by atoms with Crippen molar-refractivity contribution in [2.75, 3.05) is 5.75 Å². The van der Waals surface area contributed by atoms with Crippen molar-refractivity contribution < 1.29 is 15.0 Å². The summed E-state index contributed by atoms with van der Waals surface area (Å²) >= 11 is 4.76. The van der Waals surface area contributed by atoms with Gasteiger partial charge in [-0.25, -0.2) is 4.79 Å². The van der Waals surface area contributed by atoms with Crippen molar-refractivity contribution >= 4 is 33.7 Å². The van der Waals surface area contributed by atoms with Gasteiger partial charge in [-0.1, -0.05) is 15.9 Å². The number of rotatable bonds is 5. The second-order valence-electron chi connectivity index (χ2n) is 3.43. The zero-order valence-corrected chi connectivity index (χ0v) is 11.2. The fraction of sp³-hybridized carbons (Fsp3) is 0.364. The molecule has 3 nitrogen and oxygen atoms in total. The largest absolute Gasteiger partial charge is 0.478 e. The minimum atomic E-state index is -0.924. The molecule has 0 bridgehead atoms. The summed E-state index contributed by atoms with van der Waals surface area (Å²) in [5, 5.41) is 18.1. The van der Waals surface area contributed by atoms with Gasteiger partial charge in [0.15, 0.2) is 0 Å². The van der Waals surface area contributed by atoms with Crippen LogP contribution in [0.5, 0.6) is 0 Å². The Hall–Kier alpha value is -0.520. The molecule has 0 spiro atoms. The molecule has 0 aliphatic heterocycles. The van der Waals surface area contributed by atoms with Gasteiger partial charge in [0.25, 0.3) is 0 Å². The molecule has 0 aliphatic rings. The van der Waals surface area contributed by atoms with Gasteiger partial charge in [-0.15, -0.1) is 11.8 Å². The third-order valence-electron chi connectivity index (χ3n) is 1.97. The maximum Gasteiger partial charge on any atom is 0.336 e. The lowest BCUT2D eigenvalue weighted by Gasteiger charge is -2.07. The summed E-state index contributed by atoms with van der Waals surface area (Å²) in [7, 11) is 0. The van der Waals surface area contributed by atoms with Crippen LogP contribution in [0.2, 0.25) is 0 Å². The second-order valence-corrected chi connectivity index (χ2v) is 5.48. The quantitative estimate of drug-likeness (QED) is 0.821. The Morgan fingerprint density at radius 2 is 2.25 bits per heavy atom. The molecule has 1 aromatic carbocycles. The molecular weight excluding hydrogens is 292 g/mol. The molecule has 0 aromatic heterocycles. The van der Waals surface area contributed by atoms with Crippen LogP contribution in [0.25, 0.3) is 0 Å². The number of aliphatic hydroxyl groups excluding tert-OH is 1. The number of hydrogen-bond acceptors (Lipinski definition) is 3. The van der Waals surface area contributed by atoms with Crippen molar-refractivity contribution in [2.45, 2.75) is 24.3 Å². The molecule has 1 rings (SSSR count). The molecule has 1 unspecified atom stereocenters. The first-order valence-electron chi connectivity index (χ1n) is 4.84. The van der Waals surface area contributed by atoms with E-state index in [0.717, 1.165) is 9.37 Å². The average molecular weight is 305 g/mol. The Morgan fingerprint density at radius 3 is 2.81 bits per heavy atom. The molecule has 5 heteroatoms. The first-order chi connectivity index (χ1) is 7.50. The highest BCUT2D eigenvalue weighted by atomic mass is 79.9. The lowest BCUT2D eigenvalue weighted by Crippen LogP contribution is -2.02. The Balaban J connectivity index is 2.76. The highest BCUT2D eigenvalue weighted by Crippen LogP contribution is 2.27. The topological polar surface area (TPSA) is 57.5 Å². The number of aliphatic hydroxyl groups is 1. The predicted molar refractivity (Wildman–Crippen MR) is 68.1 cm³/mol. The highest BCUT2D eigenvalue weighted by Gasteiger charge is 2.10. The van der Waals surface area contributed by atoms with Crippen LogP contribution in [-0.2, 0) is 0 Å². The van der Waals surface area contributed by atoms with Crippen LogP contribution in [0.15, 0.2) is 27.6 Å². The summed E-state index contributed by atoms with van der Waals surface area (Å²) in [6.07, 6.45) is 0.295. The van der Waals surface area contributed by atoms with Crippen LogP contribution in [0, 0.1) is 0 Å². The summed E-state index contributed by atoms with van der Waals surface area (Å²) in [5.74, 6) is -0.221. The molecule has 0 aliphatic carbocycles. The van der Waals surface area contributed by atoms with Crippen LogP contribution in [0.4, 0.5) is 0 Å². The lowest BCUT2D eigenvalue weighted by atomic mass is 10.2. The van der Waals surface area contributed by atoms with Gasteiger partial charge >= 0.3 is 5.97 Å². The smallest absolute Gasteiger partial charge is 0.336 e. The van der Waals surface area contributed by atoms with Gasteiger partial charge in [-0.05, 0) is 31.5 Å². The zero-order valence-electron chi connectivity index (χ0n) is 8.81. The number of carbonyl (C=O) groups is 1. The van der Waals surface area contributed by atoms with Crippen LogP contribution < -0.4 is 0 Å². The minimum absolute atomic E-state index is 0.304. The van der Waals surface area contributed by atoms with Crippen molar-refractivity contribution in [1.82, 2.24) is 0 Å². The fourth-order valence-corrected chi connectivity index (χ4v) is 2.84. The molecular formula is C11H13BrO3S. The summed E-state index contributed by atoms with van der Waals surface area (Å²) in [6.45, 7) is 1.72. The van der Waals surface area contributed by atoms with Crippen LogP contribution >= 0.6 is 27.7 Å². The summed E-state index contributed by atoms with van der Waals surface area (Å²) in [4.78, 5) is 11.7. The SMILES string of the molecule is CC(O)CCSc1cc(Br)ccc1C(=O)O. The third-order valence-corrected chi connectivity index (χ3v) is 3.55.